The molecule has 2 atom stereocenters. The van der Waals surface area contributed by atoms with Crippen molar-refractivity contribution in [2.24, 2.45) is 0 Å². The zero-order valence-corrected chi connectivity index (χ0v) is 29.3. The number of hydrogen-bond donors (Lipinski definition) is 1. The minimum Gasteiger partial charge on any atom is -0.487 e. The topological polar surface area (TPSA) is 107 Å². The number of carbonyl (C=O) groups excluding carboxylic acids is 2. The molecular weight excluding hydrogens is 688 g/mol. The van der Waals surface area contributed by atoms with E-state index >= 15 is 4.39 Å². The SMILES string of the molecule is Cc1cc(-n2nc3c(c2N2C[C@H](COc4c(Br)cc5cnn(C6CC6)c5c4F)NC2=O)[C@H](C)N(C(=O)OC(C)(C)C)CC3)cc(C)c1F. The predicted octanol–water partition coefficient (Wildman–Crippen LogP) is 7.05. The number of nitrogens with one attached hydrogen (secondary N) is 1. The van der Waals surface area contributed by atoms with Crippen molar-refractivity contribution in [1.82, 2.24) is 29.8 Å². The standard InChI is InChI=1S/C34H38BrF2N7O4/c1-17-11-23(12-18(2)27(17)36)44-31(26-19(3)41(10-9-25(26)40-44)33(46)48-34(4,5)6)42-15-21(39-32(42)45)16-47-30-24(35)13-20-14-38-43(22-7-8-22)29(20)28(30)37/h11-14,19,21-22H,7-10,15-16H2,1-6H3,(H,39,45)/t19-,21+/m0/s1. The van der Waals surface area contributed by atoms with Gasteiger partial charge in [0, 0.05) is 23.9 Å². The largest absolute Gasteiger partial charge is 0.487 e. The van der Waals surface area contributed by atoms with Crippen LogP contribution in [0.1, 0.15) is 75.0 Å². The van der Waals surface area contributed by atoms with E-state index < -0.39 is 35.6 Å². The van der Waals surface area contributed by atoms with Gasteiger partial charge in [-0.05, 0) is 99.6 Å². The Morgan fingerprint density at radius 2 is 1.83 bits per heavy atom. The van der Waals surface area contributed by atoms with Crippen LogP contribution in [0.15, 0.2) is 28.9 Å². The second-order valence-corrected chi connectivity index (χ2v) is 14.8. The minimum atomic E-state index is -0.689. The van der Waals surface area contributed by atoms with Crippen molar-refractivity contribution in [3.05, 3.63) is 62.9 Å². The zero-order valence-electron chi connectivity index (χ0n) is 27.7. The normalized spacial score (nSPS) is 19.6. The maximum absolute atomic E-state index is 15.8. The van der Waals surface area contributed by atoms with Gasteiger partial charge in [-0.2, -0.15) is 10.2 Å². The third-order valence-electron chi connectivity index (χ3n) is 9.02. The van der Waals surface area contributed by atoms with E-state index in [1.165, 1.54) is 0 Å². The lowest BCUT2D eigenvalue weighted by atomic mass is 9.99. The van der Waals surface area contributed by atoms with Crippen molar-refractivity contribution in [3.8, 4) is 11.4 Å². The average Bonchev–Trinajstić information content (AvgIpc) is 3.48. The van der Waals surface area contributed by atoms with Crippen LogP contribution in [0.2, 0.25) is 0 Å². The number of urea groups is 1. The van der Waals surface area contributed by atoms with Crippen LogP contribution >= 0.6 is 15.9 Å². The number of benzene rings is 2. The molecule has 2 fully saturated rings. The first kappa shape index (κ1) is 32.4. The highest BCUT2D eigenvalue weighted by Gasteiger charge is 2.41. The summed E-state index contributed by atoms with van der Waals surface area (Å²) >= 11 is 3.45. The van der Waals surface area contributed by atoms with Crippen molar-refractivity contribution in [2.45, 2.75) is 84.5 Å². The van der Waals surface area contributed by atoms with Gasteiger partial charge in [-0.1, -0.05) is 0 Å². The van der Waals surface area contributed by atoms with Gasteiger partial charge in [-0.25, -0.2) is 23.1 Å². The lowest BCUT2D eigenvalue weighted by molar-refractivity contribution is 0.0160. The Balaban J connectivity index is 1.22. The minimum absolute atomic E-state index is 0.00842. The summed E-state index contributed by atoms with van der Waals surface area (Å²) in [6, 6.07) is 3.97. The van der Waals surface area contributed by atoms with Gasteiger partial charge in [0.25, 0.3) is 0 Å². The third kappa shape index (κ3) is 5.67. The molecule has 0 bridgehead atoms. The lowest BCUT2D eigenvalue weighted by Crippen LogP contribution is -2.42. The molecule has 1 saturated carbocycles. The first-order valence-electron chi connectivity index (χ1n) is 16.2. The van der Waals surface area contributed by atoms with Crippen LogP contribution in [0.4, 0.5) is 24.2 Å². The lowest BCUT2D eigenvalue weighted by Gasteiger charge is -2.35. The quantitative estimate of drug-likeness (QED) is 0.229. The van der Waals surface area contributed by atoms with E-state index in [1.807, 2.05) is 27.7 Å². The van der Waals surface area contributed by atoms with Gasteiger partial charge >= 0.3 is 12.1 Å². The first-order valence-corrected chi connectivity index (χ1v) is 17.0. The molecule has 254 valence electrons. The molecule has 2 aliphatic heterocycles. The van der Waals surface area contributed by atoms with Crippen LogP contribution in [-0.2, 0) is 11.2 Å². The Bertz CT molecular complexity index is 1940. The van der Waals surface area contributed by atoms with Crippen molar-refractivity contribution < 1.29 is 27.8 Å². The van der Waals surface area contributed by atoms with Gasteiger partial charge in [0.2, 0.25) is 0 Å². The molecule has 7 rings (SSSR count). The number of carbonyl (C=O) groups is 2. The van der Waals surface area contributed by atoms with Crippen molar-refractivity contribution in [1.29, 1.82) is 0 Å². The summed E-state index contributed by atoms with van der Waals surface area (Å²) in [5, 5.41) is 13.0. The van der Waals surface area contributed by atoms with Crippen molar-refractivity contribution in [3.63, 3.8) is 0 Å². The monoisotopic (exact) mass is 725 g/mol. The number of ether oxygens (including phenoxy) is 2. The van der Waals surface area contributed by atoms with Gasteiger partial charge in [0.05, 0.1) is 46.7 Å². The van der Waals surface area contributed by atoms with E-state index in [4.69, 9.17) is 14.6 Å². The molecule has 2 aromatic heterocycles. The Morgan fingerprint density at radius 3 is 2.50 bits per heavy atom. The van der Waals surface area contributed by atoms with Crippen LogP contribution in [0, 0.1) is 25.5 Å². The second kappa shape index (κ2) is 11.7. The Kier molecular flexibility index (Phi) is 7.92. The number of hydrogen-bond acceptors (Lipinski definition) is 6. The highest BCUT2D eigenvalue weighted by atomic mass is 79.9. The highest BCUT2D eigenvalue weighted by Crippen LogP contribution is 2.42. The number of fused-ring (bicyclic) bond motifs is 2. The molecule has 1 aliphatic carbocycles. The van der Waals surface area contributed by atoms with Crippen LogP contribution in [0.5, 0.6) is 5.75 Å². The van der Waals surface area contributed by atoms with E-state index in [0.29, 0.717) is 56.5 Å². The molecule has 0 spiro atoms. The number of nitrogens with zero attached hydrogens (tertiary/aromatic N) is 6. The van der Waals surface area contributed by atoms with Gasteiger partial charge in [-0.15, -0.1) is 0 Å². The molecule has 48 heavy (non-hydrogen) atoms. The summed E-state index contributed by atoms with van der Waals surface area (Å²) in [5.74, 6) is -0.290. The van der Waals surface area contributed by atoms with E-state index in [9.17, 15) is 14.0 Å². The molecule has 1 N–H and O–H groups in total. The number of aromatic nitrogens is 4. The molecule has 1 saturated heterocycles. The molecule has 14 heteroatoms. The number of anilines is 1. The highest BCUT2D eigenvalue weighted by molar-refractivity contribution is 9.10. The molecule has 0 radical (unpaired) electrons. The van der Waals surface area contributed by atoms with E-state index in [-0.39, 0.29) is 30.8 Å². The van der Waals surface area contributed by atoms with Crippen molar-refractivity contribution in [2.75, 3.05) is 24.6 Å². The van der Waals surface area contributed by atoms with Crippen LogP contribution < -0.4 is 15.0 Å². The molecule has 3 amide bonds. The Morgan fingerprint density at radius 1 is 1.12 bits per heavy atom. The number of rotatable bonds is 6. The van der Waals surface area contributed by atoms with Gasteiger partial charge in [-0.3, -0.25) is 9.58 Å². The Labute approximate surface area is 285 Å². The maximum atomic E-state index is 15.8. The molecule has 0 unspecified atom stereocenters. The van der Waals surface area contributed by atoms with Crippen LogP contribution in [0.25, 0.3) is 16.6 Å². The van der Waals surface area contributed by atoms with Crippen molar-refractivity contribution >= 4 is 44.8 Å². The summed E-state index contributed by atoms with van der Waals surface area (Å²) in [7, 11) is 0. The van der Waals surface area contributed by atoms with E-state index in [2.05, 4.69) is 26.3 Å². The fraction of sp³-hybridized carbons (Fsp3) is 0.471. The van der Waals surface area contributed by atoms with Gasteiger partial charge in [0.1, 0.15) is 29.4 Å². The first-order chi connectivity index (χ1) is 22.7. The predicted molar refractivity (Wildman–Crippen MR) is 179 cm³/mol. The molecule has 4 aromatic rings. The van der Waals surface area contributed by atoms with Crippen LogP contribution in [0.3, 0.4) is 0 Å². The van der Waals surface area contributed by atoms with E-state index in [0.717, 1.165) is 18.5 Å². The maximum Gasteiger partial charge on any atom is 0.410 e. The molecule has 11 nitrogen and oxygen atoms in total. The summed E-state index contributed by atoms with van der Waals surface area (Å²) in [6.45, 7) is 11.2. The van der Waals surface area contributed by atoms with Gasteiger partial charge < -0.3 is 19.7 Å². The fourth-order valence-electron chi connectivity index (χ4n) is 6.62. The van der Waals surface area contributed by atoms with E-state index in [1.54, 1.807) is 57.4 Å². The smallest absolute Gasteiger partial charge is 0.410 e. The Hall–Kier alpha value is -4.20. The average molecular weight is 727 g/mol. The summed E-state index contributed by atoms with van der Waals surface area (Å²) in [5.41, 5.74) is 2.62. The summed E-state index contributed by atoms with van der Waals surface area (Å²) < 4.78 is 46.1. The molecule has 3 aliphatic rings. The molecule has 2 aromatic carbocycles. The molecule has 4 heterocycles. The summed E-state index contributed by atoms with van der Waals surface area (Å²) in [4.78, 5) is 30.2. The number of aryl methyl sites for hydroxylation is 2. The number of halogens is 3. The third-order valence-corrected chi connectivity index (χ3v) is 9.61. The fourth-order valence-corrected chi connectivity index (χ4v) is 7.16. The number of amides is 3. The van der Waals surface area contributed by atoms with Gasteiger partial charge in [0.15, 0.2) is 11.6 Å². The second-order valence-electron chi connectivity index (χ2n) is 13.9. The van der Waals surface area contributed by atoms with Crippen LogP contribution in [-0.4, -0.2) is 67.9 Å². The summed E-state index contributed by atoms with van der Waals surface area (Å²) in [6.07, 6.45) is 3.54. The zero-order chi connectivity index (χ0) is 34.2. The molecular formula is C34H38BrF2N7O4.